The maximum absolute atomic E-state index is 5.19. The van der Waals surface area contributed by atoms with Gasteiger partial charge in [-0.1, -0.05) is 0 Å². The summed E-state index contributed by atoms with van der Waals surface area (Å²) in [4.78, 5) is 0. The molecule has 5 heavy (non-hydrogen) atoms. The molecular weight excluding hydrogens is 83.0 g/mol. The minimum atomic E-state index is 0.559. The Morgan fingerprint density at radius 1 is 1.60 bits per heavy atom. The molecular formula is C2H7N2P. The van der Waals surface area contributed by atoms with Gasteiger partial charge in [0, 0.05) is 22.0 Å². The van der Waals surface area contributed by atoms with Crippen LogP contribution in [0.1, 0.15) is 0 Å². The number of rotatable bonds is 1. The van der Waals surface area contributed by atoms with Gasteiger partial charge in [-0.3, -0.25) is 10.2 Å². The second kappa shape index (κ2) is 1.21. The van der Waals surface area contributed by atoms with Gasteiger partial charge in [0.15, 0.2) is 0 Å². The fraction of sp³-hybridized carbons (Fsp3) is 1.00. The zero-order chi connectivity index (χ0) is 3.70. The van der Waals surface area contributed by atoms with Crippen molar-refractivity contribution in [3.8, 4) is 0 Å². The number of nitrogens with two attached hydrogens (primary N) is 1. The van der Waals surface area contributed by atoms with Gasteiger partial charge in [0.05, 0.1) is 0 Å². The molecule has 1 rings (SSSR count). The molecule has 0 spiro atoms. The molecule has 2 nitrogen and oxygen atoms in total. The fourth-order valence-electron chi connectivity index (χ4n) is 0.179. The van der Waals surface area contributed by atoms with Gasteiger partial charge >= 0.3 is 0 Å². The highest BCUT2D eigenvalue weighted by molar-refractivity contribution is 7.32. The van der Waals surface area contributed by atoms with Crippen molar-refractivity contribution in [2.24, 2.45) is 5.50 Å². The van der Waals surface area contributed by atoms with Crippen LogP contribution in [0.2, 0.25) is 0 Å². The Balaban J connectivity index is 2.00. The van der Waals surface area contributed by atoms with Crippen LogP contribution < -0.4 is 5.50 Å². The summed E-state index contributed by atoms with van der Waals surface area (Å²) in [5.74, 6) is 0. The first kappa shape index (κ1) is 3.54. The molecule has 3 heteroatoms. The van der Waals surface area contributed by atoms with E-state index in [1.165, 1.54) is 13.1 Å². The summed E-state index contributed by atoms with van der Waals surface area (Å²) in [5, 5.41) is 0. The topological polar surface area (TPSA) is 29.0 Å². The molecule has 1 saturated heterocycles. The molecule has 0 aromatic heterocycles. The second-order valence-corrected chi connectivity index (χ2v) is 2.01. The normalized spacial score (nSPS) is 25.8. The second-order valence-electron chi connectivity index (χ2n) is 1.12. The standard InChI is InChI=1S/C2H7N2P/c3-5-4-1-2-4/h5H,1-3H2. The lowest BCUT2D eigenvalue weighted by atomic mass is 11.0. The highest BCUT2D eigenvalue weighted by Gasteiger charge is 2.13. The van der Waals surface area contributed by atoms with Crippen LogP contribution in [0.15, 0.2) is 0 Å². The predicted octanol–water partition coefficient (Wildman–Crippen LogP) is -0.231. The van der Waals surface area contributed by atoms with E-state index in [2.05, 4.69) is 4.67 Å². The molecule has 2 N–H and O–H groups in total. The fourth-order valence-corrected chi connectivity index (χ4v) is 0.537. The van der Waals surface area contributed by atoms with Crippen LogP contribution in [0.5, 0.6) is 0 Å². The maximum Gasteiger partial charge on any atom is 0.0184 e. The summed E-state index contributed by atoms with van der Waals surface area (Å²) in [5.41, 5.74) is 5.19. The molecule has 1 aliphatic rings. The lowest BCUT2D eigenvalue weighted by Crippen LogP contribution is -1.80. The molecule has 0 aliphatic carbocycles. The minimum absolute atomic E-state index is 0.559. The Morgan fingerprint density at radius 2 is 2.20 bits per heavy atom. The largest absolute Gasteiger partial charge is 0.300 e. The summed E-state index contributed by atoms with van der Waals surface area (Å²) in [6.45, 7) is 2.46. The molecule has 0 bridgehead atoms. The zero-order valence-corrected chi connectivity index (χ0v) is 3.94. The van der Waals surface area contributed by atoms with E-state index in [0.717, 1.165) is 0 Å². The third-order valence-electron chi connectivity index (χ3n) is 0.630. The van der Waals surface area contributed by atoms with Crippen molar-refractivity contribution < 1.29 is 0 Å². The smallest absolute Gasteiger partial charge is 0.0184 e. The Hall–Kier alpha value is 0.350. The van der Waals surface area contributed by atoms with E-state index in [1.54, 1.807) is 0 Å². The highest BCUT2D eigenvalue weighted by atomic mass is 31.1. The van der Waals surface area contributed by atoms with Crippen molar-refractivity contribution in [1.29, 1.82) is 0 Å². The minimum Gasteiger partial charge on any atom is -0.300 e. The van der Waals surface area contributed by atoms with E-state index in [4.69, 9.17) is 5.50 Å². The third kappa shape index (κ3) is 0.839. The van der Waals surface area contributed by atoms with Gasteiger partial charge in [0.2, 0.25) is 0 Å². The van der Waals surface area contributed by atoms with Crippen LogP contribution in [0.4, 0.5) is 0 Å². The predicted molar refractivity (Wildman–Crippen MR) is 24.1 cm³/mol. The molecule has 0 saturated carbocycles. The molecule has 0 amide bonds. The monoisotopic (exact) mass is 90.0 g/mol. The van der Waals surface area contributed by atoms with Crippen LogP contribution >= 0.6 is 8.88 Å². The van der Waals surface area contributed by atoms with Crippen LogP contribution in [0, 0.1) is 0 Å². The van der Waals surface area contributed by atoms with Crippen LogP contribution in [0.25, 0.3) is 0 Å². The van der Waals surface area contributed by atoms with E-state index in [0.29, 0.717) is 8.88 Å². The lowest BCUT2D eigenvalue weighted by molar-refractivity contribution is 0.938. The van der Waals surface area contributed by atoms with Gasteiger partial charge in [-0.05, 0) is 0 Å². The van der Waals surface area contributed by atoms with E-state index in [-0.39, 0.29) is 0 Å². The van der Waals surface area contributed by atoms with Gasteiger partial charge in [-0.25, -0.2) is 0 Å². The molecule has 1 heterocycles. The van der Waals surface area contributed by atoms with Crippen molar-refractivity contribution in [2.45, 2.75) is 0 Å². The van der Waals surface area contributed by atoms with E-state index < -0.39 is 0 Å². The van der Waals surface area contributed by atoms with Gasteiger partial charge in [0.25, 0.3) is 0 Å². The Labute approximate surface area is 33.2 Å². The molecule has 0 radical (unpaired) electrons. The average molecular weight is 90.1 g/mol. The molecule has 1 fully saturated rings. The Bertz CT molecular complexity index is 34.6. The molecule has 0 aromatic rings. The Kier molecular flexibility index (Phi) is 0.856. The van der Waals surface area contributed by atoms with Gasteiger partial charge in [-0.15, -0.1) is 0 Å². The molecule has 0 aromatic carbocycles. The van der Waals surface area contributed by atoms with Crippen LogP contribution in [0.3, 0.4) is 0 Å². The first-order chi connectivity index (χ1) is 2.43. The van der Waals surface area contributed by atoms with Gasteiger partial charge < -0.3 is 0 Å². The summed E-state index contributed by atoms with van der Waals surface area (Å²) in [7, 11) is 0.559. The quantitative estimate of drug-likeness (QED) is 0.356. The Morgan fingerprint density at radius 3 is 2.20 bits per heavy atom. The molecule has 1 unspecified atom stereocenters. The first-order valence-electron chi connectivity index (χ1n) is 1.64. The molecule has 1 atom stereocenters. The van der Waals surface area contributed by atoms with Crippen molar-refractivity contribution in [3.63, 3.8) is 0 Å². The van der Waals surface area contributed by atoms with Crippen molar-refractivity contribution in [2.75, 3.05) is 13.1 Å². The number of nitrogens with zero attached hydrogens (tertiary/aromatic N) is 1. The van der Waals surface area contributed by atoms with Crippen molar-refractivity contribution in [1.82, 2.24) is 4.67 Å². The van der Waals surface area contributed by atoms with Crippen molar-refractivity contribution >= 4 is 8.88 Å². The molecule has 30 valence electrons. The van der Waals surface area contributed by atoms with E-state index >= 15 is 0 Å². The van der Waals surface area contributed by atoms with Crippen LogP contribution in [-0.2, 0) is 0 Å². The van der Waals surface area contributed by atoms with Crippen molar-refractivity contribution in [3.05, 3.63) is 0 Å². The summed E-state index contributed by atoms with van der Waals surface area (Å²) < 4.78 is 2.18. The SMILES string of the molecule is NPN1CC1. The zero-order valence-electron chi connectivity index (χ0n) is 2.94. The molecule has 1 aliphatic heterocycles. The van der Waals surface area contributed by atoms with Gasteiger partial charge in [-0.2, -0.15) is 0 Å². The van der Waals surface area contributed by atoms with Gasteiger partial charge in [0.1, 0.15) is 0 Å². The first-order valence-corrected chi connectivity index (χ1v) is 2.67. The summed E-state index contributed by atoms with van der Waals surface area (Å²) in [6, 6.07) is 0. The summed E-state index contributed by atoms with van der Waals surface area (Å²) >= 11 is 0. The summed E-state index contributed by atoms with van der Waals surface area (Å²) in [6.07, 6.45) is 0. The van der Waals surface area contributed by atoms with E-state index in [9.17, 15) is 0 Å². The number of hydrogen-bond acceptors (Lipinski definition) is 2. The number of hydrogen-bond donors (Lipinski definition) is 1. The maximum atomic E-state index is 5.19. The lowest BCUT2D eigenvalue weighted by Gasteiger charge is -1.82. The third-order valence-corrected chi connectivity index (χ3v) is 1.44. The van der Waals surface area contributed by atoms with E-state index in [1.807, 2.05) is 0 Å². The average Bonchev–Trinajstić information content (AvgIpc) is 2.12. The highest BCUT2D eigenvalue weighted by Crippen LogP contribution is 2.16. The van der Waals surface area contributed by atoms with Crippen LogP contribution in [-0.4, -0.2) is 17.8 Å².